The predicted molar refractivity (Wildman–Crippen MR) is 71.8 cm³/mol. The van der Waals surface area contributed by atoms with Gasteiger partial charge in [0.15, 0.2) is 0 Å². The van der Waals surface area contributed by atoms with Gasteiger partial charge in [-0.05, 0) is 6.07 Å². The van der Waals surface area contributed by atoms with Gasteiger partial charge in [0, 0.05) is 19.2 Å². The second-order valence-corrected chi connectivity index (χ2v) is 4.26. The molecule has 0 aliphatic rings. The zero-order valence-electron chi connectivity index (χ0n) is 10.2. The number of aryl methyl sites for hydroxylation is 1. The van der Waals surface area contributed by atoms with E-state index in [9.17, 15) is 0 Å². The third kappa shape index (κ3) is 1.67. The molecule has 3 aromatic rings. The molecule has 2 heterocycles. The van der Waals surface area contributed by atoms with Crippen LogP contribution in [0.1, 0.15) is 5.69 Å². The van der Waals surface area contributed by atoms with Crippen molar-refractivity contribution in [2.75, 3.05) is 0 Å². The van der Waals surface area contributed by atoms with Gasteiger partial charge in [-0.25, -0.2) is 9.97 Å². The lowest BCUT2D eigenvalue weighted by atomic mass is 10.1. The SMILES string of the molecule is Cn1cnc2cc(CN)nc(-c3ccccc3)c21. The van der Waals surface area contributed by atoms with Crippen LogP contribution in [0.5, 0.6) is 0 Å². The third-order valence-corrected chi connectivity index (χ3v) is 3.00. The average Bonchev–Trinajstić information content (AvgIpc) is 2.80. The second kappa shape index (κ2) is 4.23. The van der Waals surface area contributed by atoms with Crippen molar-refractivity contribution in [3.05, 3.63) is 48.4 Å². The highest BCUT2D eigenvalue weighted by molar-refractivity contribution is 5.90. The molecule has 0 aliphatic carbocycles. The molecule has 4 nitrogen and oxygen atoms in total. The van der Waals surface area contributed by atoms with Crippen molar-refractivity contribution in [1.82, 2.24) is 14.5 Å². The minimum atomic E-state index is 0.423. The molecule has 0 bridgehead atoms. The fourth-order valence-corrected chi connectivity index (χ4v) is 2.13. The van der Waals surface area contributed by atoms with E-state index in [1.165, 1.54) is 0 Å². The normalized spacial score (nSPS) is 11.0. The fourth-order valence-electron chi connectivity index (χ4n) is 2.13. The van der Waals surface area contributed by atoms with Gasteiger partial charge in [0.2, 0.25) is 0 Å². The monoisotopic (exact) mass is 238 g/mol. The number of hydrogen-bond acceptors (Lipinski definition) is 3. The first kappa shape index (κ1) is 10.9. The van der Waals surface area contributed by atoms with Gasteiger partial charge in [-0.3, -0.25) is 0 Å². The molecule has 2 aromatic heterocycles. The van der Waals surface area contributed by atoms with E-state index in [1.807, 2.05) is 35.9 Å². The molecule has 0 amide bonds. The summed E-state index contributed by atoms with van der Waals surface area (Å²) in [4.78, 5) is 9.02. The van der Waals surface area contributed by atoms with Crippen molar-refractivity contribution in [2.45, 2.75) is 6.54 Å². The van der Waals surface area contributed by atoms with Crippen LogP contribution in [-0.2, 0) is 13.6 Å². The Balaban J connectivity index is 2.35. The maximum Gasteiger partial charge on any atom is 0.0965 e. The van der Waals surface area contributed by atoms with Gasteiger partial charge in [0.1, 0.15) is 0 Å². The Bertz CT molecular complexity index is 686. The lowest BCUT2D eigenvalue weighted by molar-refractivity contribution is 0.941. The van der Waals surface area contributed by atoms with Crippen LogP contribution in [0.3, 0.4) is 0 Å². The van der Waals surface area contributed by atoms with E-state index in [4.69, 9.17) is 5.73 Å². The Morgan fingerprint density at radius 1 is 1.22 bits per heavy atom. The largest absolute Gasteiger partial charge is 0.332 e. The smallest absolute Gasteiger partial charge is 0.0965 e. The molecule has 0 saturated heterocycles. The van der Waals surface area contributed by atoms with Crippen molar-refractivity contribution in [3.63, 3.8) is 0 Å². The molecule has 0 aliphatic heterocycles. The van der Waals surface area contributed by atoms with E-state index in [0.29, 0.717) is 6.54 Å². The number of aromatic nitrogens is 3. The van der Waals surface area contributed by atoms with Crippen LogP contribution in [0, 0.1) is 0 Å². The van der Waals surface area contributed by atoms with E-state index in [1.54, 1.807) is 6.33 Å². The summed E-state index contributed by atoms with van der Waals surface area (Å²) in [6.45, 7) is 0.423. The Morgan fingerprint density at radius 3 is 2.72 bits per heavy atom. The molecule has 18 heavy (non-hydrogen) atoms. The van der Waals surface area contributed by atoms with E-state index < -0.39 is 0 Å². The zero-order chi connectivity index (χ0) is 12.5. The zero-order valence-corrected chi connectivity index (χ0v) is 10.2. The van der Waals surface area contributed by atoms with Crippen molar-refractivity contribution < 1.29 is 0 Å². The second-order valence-electron chi connectivity index (χ2n) is 4.26. The molecule has 0 saturated carbocycles. The van der Waals surface area contributed by atoms with E-state index in [2.05, 4.69) is 22.1 Å². The Morgan fingerprint density at radius 2 is 2.00 bits per heavy atom. The van der Waals surface area contributed by atoms with Crippen LogP contribution in [0.15, 0.2) is 42.7 Å². The minimum absolute atomic E-state index is 0.423. The molecule has 0 atom stereocenters. The van der Waals surface area contributed by atoms with Crippen molar-refractivity contribution >= 4 is 11.0 Å². The van der Waals surface area contributed by atoms with Gasteiger partial charge in [-0.2, -0.15) is 0 Å². The van der Waals surface area contributed by atoms with E-state index >= 15 is 0 Å². The summed E-state index contributed by atoms with van der Waals surface area (Å²) in [5.74, 6) is 0. The maximum absolute atomic E-state index is 5.70. The summed E-state index contributed by atoms with van der Waals surface area (Å²) in [5.41, 5.74) is 10.6. The molecule has 3 rings (SSSR count). The summed E-state index contributed by atoms with van der Waals surface area (Å²) in [7, 11) is 1.98. The molecule has 0 spiro atoms. The van der Waals surface area contributed by atoms with Crippen molar-refractivity contribution in [2.24, 2.45) is 12.8 Å². The van der Waals surface area contributed by atoms with Gasteiger partial charge < -0.3 is 10.3 Å². The Kier molecular flexibility index (Phi) is 2.57. The van der Waals surface area contributed by atoms with Gasteiger partial charge in [-0.1, -0.05) is 30.3 Å². The molecule has 90 valence electrons. The fraction of sp³-hybridized carbons (Fsp3) is 0.143. The molecule has 0 radical (unpaired) electrons. The van der Waals surface area contributed by atoms with Crippen molar-refractivity contribution in [3.8, 4) is 11.3 Å². The van der Waals surface area contributed by atoms with Crippen molar-refractivity contribution in [1.29, 1.82) is 0 Å². The average molecular weight is 238 g/mol. The number of nitrogens with zero attached hydrogens (tertiary/aromatic N) is 3. The molecule has 2 N–H and O–H groups in total. The van der Waals surface area contributed by atoms with Crippen LogP contribution in [0.25, 0.3) is 22.3 Å². The minimum Gasteiger partial charge on any atom is -0.332 e. The predicted octanol–water partition coefficient (Wildman–Crippen LogP) is 2.09. The molecule has 0 fully saturated rings. The quantitative estimate of drug-likeness (QED) is 0.743. The lowest BCUT2D eigenvalue weighted by Gasteiger charge is -2.07. The number of fused-ring (bicyclic) bond motifs is 1. The van der Waals surface area contributed by atoms with Gasteiger partial charge in [0.05, 0.1) is 28.7 Å². The number of imidazole rings is 1. The Labute approximate surface area is 105 Å². The number of nitrogens with two attached hydrogens (primary N) is 1. The number of hydrogen-bond donors (Lipinski definition) is 1. The Hall–Kier alpha value is -2.20. The molecule has 4 heteroatoms. The highest BCUT2D eigenvalue weighted by atomic mass is 15.0. The molecular weight excluding hydrogens is 224 g/mol. The van der Waals surface area contributed by atoms with Gasteiger partial charge in [-0.15, -0.1) is 0 Å². The summed E-state index contributed by atoms with van der Waals surface area (Å²) in [6, 6.07) is 12.1. The van der Waals surface area contributed by atoms with E-state index in [0.717, 1.165) is 28.0 Å². The molecule has 0 unspecified atom stereocenters. The first-order valence-electron chi connectivity index (χ1n) is 5.86. The summed E-state index contributed by atoms with van der Waals surface area (Å²) < 4.78 is 1.99. The van der Waals surface area contributed by atoms with Crippen LogP contribution in [0.2, 0.25) is 0 Å². The number of benzene rings is 1. The summed E-state index contributed by atoms with van der Waals surface area (Å²) in [5, 5.41) is 0. The highest BCUT2D eigenvalue weighted by Crippen LogP contribution is 2.26. The standard InChI is InChI=1S/C14H14N4/c1-18-9-16-12-7-11(8-15)17-13(14(12)18)10-5-3-2-4-6-10/h2-7,9H,8,15H2,1H3. The first-order chi connectivity index (χ1) is 8.79. The van der Waals surface area contributed by atoms with Crippen LogP contribution in [-0.4, -0.2) is 14.5 Å². The van der Waals surface area contributed by atoms with Crippen LogP contribution >= 0.6 is 0 Å². The van der Waals surface area contributed by atoms with Gasteiger partial charge >= 0.3 is 0 Å². The van der Waals surface area contributed by atoms with E-state index in [-0.39, 0.29) is 0 Å². The third-order valence-electron chi connectivity index (χ3n) is 3.00. The molecular formula is C14H14N4. The number of pyridine rings is 1. The van der Waals surface area contributed by atoms with Crippen LogP contribution in [0.4, 0.5) is 0 Å². The van der Waals surface area contributed by atoms with Crippen LogP contribution < -0.4 is 5.73 Å². The first-order valence-corrected chi connectivity index (χ1v) is 5.86. The maximum atomic E-state index is 5.70. The topological polar surface area (TPSA) is 56.7 Å². The highest BCUT2D eigenvalue weighted by Gasteiger charge is 2.11. The summed E-state index contributed by atoms with van der Waals surface area (Å²) in [6.07, 6.45) is 1.80. The number of rotatable bonds is 2. The molecule has 1 aromatic carbocycles. The van der Waals surface area contributed by atoms with Gasteiger partial charge in [0.25, 0.3) is 0 Å². The lowest BCUT2D eigenvalue weighted by Crippen LogP contribution is -2.02. The summed E-state index contributed by atoms with van der Waals surface area (Å²) >= 11 is 0.